The number of hydrogen-bond acceptors (Lipinski definition) is 12. The molecule has 17 nitrogen and oxygen atoms in total. The zero-order valence-electron chi connectivity index (χ0n) is 51.8. The summed E-state index contributed by atoms with van der Waals surface area (Å²) in [5.74, 6) is -8.22. The average molecular weight is 1250 g/mol. The SMILES string of the molecule is COC(=O)[C@@](C(=O)N[C@@H](Cc1ccc(OCCCCC2CCN(C(=O)OC(C)(C)C)CC2)cc1)C(=O)O)(C(c1ccccc1)C1c2ccccc2-c2ccccc21)N(C(=O)C(CS)NC(=O)CNC(=O)CN)C(c1ccccc1)(c1ccccc1)c1ccccc1. The first-order valence-electron chi connectivity index (χ1n) is 30.9. The van der Waals surface area contributed by atoms with Gasteiger partial charge in [-0.25, -0.2) is 14.4 Å². The van der Waals surface area contributed by atoms with Gasteiger partial charge >= 0.3 is 18.0 Å². The number of thiol groups is 1. The number of nitrogens with one attached hydrogen (secondary N) is 3. The number of piperidine rings is 1. The number of esters is 1. The van der Waals surface area contributed by atoms with Crippen molar-refractivity contribution in [3.63, 3.8) is 0 Å². The molecule has 1 saturated heterocycles. The first-order valence-corrected chi connectivity index (χ1v) is 31.5. The Labute approximate surface area is 537 Å². The molecule has 0 saturated carbocycles. The van der Waals surface area contributed by atoms with Crippen LogP contribution in [0.1, 0.15) is 104 Å². The van der Waals surface area contributed by atoms with Gasteiger partial charge in [0.25, 0.3) is 5.91 Å². The number of hydrogen-bond donors (Lipinski definition) is 6. The molecule has 2 aliphatic rings. The van der Waals surface area contributed by atoms with E-state index in [4.69, 9.17) is 32.6 Å². The lowest BCUT2D eigenvalue weighted by Crippen LogP contribution is -2.76. The lowest BCUT2D eigenvalue weighted by molar-refractivity contribution is -0.177. The van der Waals surface area contributed by atoms with Gasteiger partial charge < -0.3 is 45.9 Å². The van der Waals surface area contributed by atoms with E-state index in [0.29, 0.717) is 70.3 Å². The maximum atomic E-state index is 17.5. The van der Waals surface area contributed by atoms with Crippen LogP contribution in [0.4, 0.5) is 4.79 Å². The standard InChI is InChI=1S/C73H80N6O11S/c1-71(2,3)90-70(87)78-42-40-49(41-43-78)23-21-22-44-89-55-38-36-50(37-39-55)45-60(67(83)84)77-68(85)73(69(86)88-4,65(51-24-9-5-10-25-51)64-58-34-19-17-32-56(58)57-33-18-20-35-59(57)64)79(66(82)61(48-91)76-63(81)47-75-62(80)46-74)72(52-26-11-6-12-27-52,53-28-13-7-14-29-53)54-30-15-8-16-31-54/h5-20,24-39,49,60-61,64-65,91H,21-23,40-48,74H2,1-4H3,(H,75,80)(H,76,81)(H,77,85)(H,83,84)/t60-,61?,65?,73-/m0/s1. The number of methoxy groups -OCH3 is 1. The first kappa shape index (κ1) is 66.2. The van der Waals surface area contributed by atoms with Crippen molar-refractivity contribution >= 4 is 54.3 Å². The highest BCUT2D eigenvalue weighted by molar-refractivity contribution is 7.80. The molecule has 0 aromatic heterocycles. The fourth-order valence-electron chi connectivity index (χ4n) is 13.0. The van der Waals surface area contributed by atoms with E-state index in [-0.39, 0.29) is 12.5 Å². The Hall–Kier alpha value is -9.26. The van der Waals surface area contributed by atoms with Crippen LogP contribution in [0, 0.1) is 5.92 Å². The minimum atomic E-state index is -3.02. The molecule has 0 bridgehead atoms. The number of carboxylic acids is 1. The lowest BCUT2D eigenvalue weighted by atomic mass is 9.63. The zero-order valence-corrected chi connectivity index (χ0v) is 52.7. The van der Waals surface area contributed by atoms with Gasteiger partial charge in [-0.15, -0.1) is 0 Å². The Morgan fingerprint density at radius 3 is 1.67 bits per heavy atom. The molecular formula is C73H80N6O11S. The number of carbonyl (C=O) groups is 7. The molecule has 474 valence electrons. The number of nitrogens with two attached hydrogens (primary N) is 1. The number of carboxylic acid groups (broad SMARTS) is 1. The number of aliphatic carboxylic acids is 1. The van der Waals surface area contributed by atoms with Gasteiger partial charge in [0.1, 0.15) is 29.0 Å². The van der Waals surface area contributed by atoms with Crippen LogP contribution in [0.2, 0.25) is 0 Å². The summed E-state index contributed by atoms with van der Waals surface area (Å²) in [7, 11) is 1.12. The Bertz CT molecular complexity index is 3500. The molecule has 1 heterocycles. The molecule has 7 aromatic rings. The number of rotatable bonds is 26. The summed E-state index contributed by atoms with van der Waals surface area (Å²) < 4.78 is 17.9. The number of likely N-dealkylation sites (tertiary alicyclic amines) is 1. The largest absolute Gasteiger partial charge is 0.494 e. The second kappa shape index (κ2) is 30.0. The van der Waals surface area contributed by atoms with Gasteiger partial charge in [-0.3, -0.25) is 24.1 Å². The highest BCUT2D eigenvalue weighted by atomic mass is 32.1. The van der Waals surface area contributed by atoms with Crippen molar-refractivity contribution in [3.05, 3.63) is 233 Å². The molecule has 4 atom stereocenters. The molecular weight excluding hydrogens is 1170 g/mol. The summed E-state index contributed by atoms with van der Waals surface area (Å²) in [5.41, 5.74) is 4.98. The Kier molecular flexibility index (Phi) is 21.8. The fraction of sp³-hybridized carbons (Fsp3) is 0.329. The van der Waals surface area contributed by atoms with Crippen LogP contribution in [0.5, 0.6) is 5.75 Å². The lowest BCUT2D eigenvalue weighted by Gasteiger charge is -2.56. The molecule has 91 heavy (non-hydrogen) atoms. The van der Waals surface area contributed by atoms with Crippen LogP contribution < -0.4 is 26.4 Å². The predicted molar refractivity (Wildman–Crippen MR) is 351 cm³/mol. The minimum Gasteiger partial charge on any atom is -0.494 e. The number of carbonyl (C=O) groups excluding carboxylic acids is 6. The van der Waals surface area contributed by atoms with Crippen molar-refractivity contribution < 1.29 is 52.9 Å². The van der Waals surface area contributed by atoms with E-state index in [0.717, 1.165) is 50.3 Å². The third kappa shape index (κ3) is 14.7. The van der Waals surface area contributed by atoms with E-state index in [9.17, 15) is 24.3 Å². The van der Waals surface area contributed by atoms with Crippen LogP contribution >= 0.6 is 12.6 Å². The number of fused-ring (bicyclic) bond motifs is 3. The summed E-state index contributed by atoms with van der Waals surface area (Å²) in [4.78, 5) is 108. The van der Waals surface area contributed by atoms with Crippen molar-refractivity contribution in [2.75, 3.05) is 45.6 Å². The molecule has 1 fully saturated rings. The van der Waals surface area contributed by atoms with E-state index in [1.807, 2.05) is 69.3 Å². The topological polar surface area (TPSA) is 236 Å². The molecule has 6 N–H and O–H groups in total. The number of unbranched alkanes of at least 4 members (excludes halogenated alkanes) is 1. The van der Waals surface area contributed by atoms with E-state index in [2.05, 4.69) is 16.0 Å². The number of ether oxygens (including phenoxy) is 3. The van der Waals surface area contributed by atoms with Gasteiger partial charge in [0.15, 0.2) is 0 Å². The second-order valence-electron chi connectivity index (χ2n) is 24.0. The Morgan fingerprint density at radius 1 is 0.659 bits per heavy atom. The van der Waals surface area contributed by atoms with Crippen molar-refractivity contribution in [2.45, 2.75) is 99.9 Å². The Balaban J connectivity index is 1.19. The van der Waals surface area contributed by atoms with Gasteiger partial charge in [-0.2, -0.15) is 12.6 Å². The van der Waals surface area contributed by atoms with E-state index in [1.165, 1.54) is 4.90 Å². The summed E-state index contributed by atoms with van der Waals surface area (Å²) in [6, 6.07) is 54.3. The van der Waals surface area contributed by atoms with Gasteiger partial charge in [0.2, 0.25) is 23.3 Å². The van der Waals surface area contributed by atoms with Gasteiger partial charge in [0, 0.05) is 37.1 Å². The molecule has 0 radical (unpaired) electrons. The van der Waals surface area contributed by atoms with Crippen LogP contribution in [0.15, 0.2) is 194 Å². The van der Waals surface area contributed by atoms with Crippen LogP contribution in [-0.2, 0) is 50.2 Å². The monoisotopic (exact) mass is 1250 g/mol. The van der Waals surface area contributed by atoms with E-state index in [1.54, 1.807) is 150 Å². The van der Waals surface area contributed by atoms with Gasteiger partial charge in [-0.1, -0.05) is 188 Å². The summed E-state index contributed by atoms with van der Waals surface area (Å²) in [6.45, 7) is 6.33. The highest BCUT2D eigenvalue weighted by Gasteiger charge is 2.69. The molecule has 1 aliphatic carbocycles. The molecule has 1 aliphatic heterocycles. The first-order chi connectivity index (χ1) is 44.0. The normalized spacial score (nSPS) is 14.9. The molecule has 9 rings (SSSR count). The average Bonchev–Trinajstić information content (AvgIpc) is 1.57. The molecule has 2 unspecified atom stereocenters. The third-order valence-electron chi connectivity index (χ3n) is 17.1. The second-order valence-corrected chi connectivity index (χ2v) is 24.4. The zero-order chi connectivity index (χ0) is 64.7. The van der Waals surface area contributed by atoms with Crippen LogP contribution in [0.3, 0.4) is 0 Å². The van der Waals surface area contributed by atoms with Crippen molar-refractivity contribution in [2.24, 2.45) is 11.7 Å². The fourth-order valence-corrected chi connectivity index (χ4v) is 13.2. The number of benzene rings is 7. The number of nitrogens with zero attached hydrogens (tertiary/aromatic N) is 2. The van der Waals surface area contributed by atoms with Crippen molar-refractivity contribution in [3.8, 4) is 16.9 Å². The smallest absolute Gasteiger partial charge is 0.410 e. The van der Waals surface area contributed by atoms with E-state index >= 15 is 14.4 Å². The quantitative estimate of drug-likeness (QED) is 0.00977. The number of amides is 5. The van der Waals surface area contributed by atoms with Gasteiger partial charge in [-0.05, 0) is 115 Å². The molecule has 18 heteroatoms. The summed E-state index contributed by atoms with van der Waals surface area (Å²) in [6.07, 6.45) is 3.95. The molecule has 5 amide bonds. The minimum absolute atomic E-state index is 0.277. The molecule has 7 aromatic carbocycles. The van der Waals surface area contributed by atoms with Crippen LogP contribution in [-0.4, -0.2) is 125 Å². The third-order valence-corrected chi connectivity index (χ3v) is 17.5. The Morgan fingerprint density at radius 2 is 1.18 bits per heavy atom. The van der Waals surface area contributed by atoms with E-state index < -0.39 is 95.0 Å². The van der Waals surface area contributed by atoms with Gasteiger partial charge in [0.05, 0.1) is 26.8 Å². The van der Waals surface area contributed by atoms with Crippen molar-refractivity contribution in [1.82, 2.24) is 25.8 Å². The van der Waals surface area contributed by atoms with Crippen LogP contribution in [0.25, 0.3) is 11.1 Å². The maximum Gasteiger partial charge on any atom is 0.410 e. The highest BCUT2D eigenvalue weighted by Crippen LogP contribution is 2.59. The van der Waals surface area contributed by atoms with Crippen molar-refractivity contribution in [1.29, 1.82) is 0 Å². The molecule has 0 spiro atoms. The summed E-state index contributed by atoms with van der Waals surface area (Å²) >= 11 is 4.74. The maximum absolute atomic E-state index is 17.5. The summed E-state index contributed by atoms with van der Waals surface area (Å²) in [5, 5.41) is 19.6. The predicted octanol–water partition coefficient (Wildman–Crippen LogP) is 9.81.